The van der Waals surface area contributed by atoms with Gasteiger partial charge in [-0.15, -0.1) is 0 Å². The number of nitrogens with zero attached hydrogens (tertiary/aromatic N) is 2. The van der Waals surface area contributed by atoms with Crippen molar-refractivity contribution in [1.29, 1.82) is 5.41 Å². The number of aromatic nitrogens is 2. The molecule has 284 valence electrons. The van der Waals surface area contributed by atoms with E-state index in [2.05, 4.69) is 16.9 Å². The number of ether oxygens (including phenoxy) is 1. The molecule has 0 saturated heterocycles. The quantitative estimate of drug-likeness (QED) is 0.0375. The number of hydrogen-bond acceptors (Lipinski definition) is 8. The van der Waals surface area contributed by atoms with E-state index in [-0.39, 0.29) is 36.3 Å². The Hall–Kier alpha value is -5.54. The van der Waals surface area contributed by atoms with Crippen LogP contribution in [-0.4, -0.2) is 39.0 Å². The number of carbonyl (C=O) groups excluding carboxylic acids is 2. The third-order valence-corrected chi connectivity index (χ3v) is 10.7. The highest BCUT2D eigenvalue weighted by Gasteiger charge is 2.26. The molecule has 0 radical (unpaired) electrons. The fourth-order valence-electron chi connectivity index (χ4n) is 7.53. The number of carbonyl (C=O) groups is 2. The summed E-state index contributed by atoms with van der Waals surface area (Å²) in [5, 5.41) is 21.5. The second-order valence-electron chi connectivity index (χ2n) is 14.6. The molecule has 0 amide bonds. The number of nitrogens with one attached hydrogen (secondary N) is 2. The summed E-state index contributed by atoms with van der Waals surface area (Å²) in [4.78, 5) is 35.3. The van der Waals surface area contributed by atoms with Crippen LogP contribution in [0.3, 0.4) is 0 Å². The van der Waals surface area contributed by atoms with Crippen molar-refractivity contribution in [3.63, 3.8) is 0 Å². The molecule has 0 bridgehead atoms. The van der Waals surface area contributed by atoms with Gasteiger partial charge in [-0.05, 0) is 117 Å². The first-order valence-corrected chi connectivity index (χ1v) is 19.2. The largest absolute Gasteiger partial charge is 0.454 e. The van der Waals surface area contributed by atoms with Crippen molar-refractivity contribution in [1.82, 2.24) is 9.97 Å². The molecule has 1 saturated carbocycles. The average Bonchev–Trinajstić information content (AvgIpc) is 3.50. The number of rotatable bonds is 17. The van der Waals surface area contributed by atoms with Crippen molar-refractivity contribution < 1.29 is 23.8 Å². The first-order valence-electron chi connectivity index (χ1n) is 19.2. The zero-order valence-electron chi connectivity index (χ0n) is 31.7. The van der Waals surface area contributed by atoms with Gasteiger partial charge in [0, 0.05) is 72.3 Å². The number of Topliss-reactive ketones (excluding diaryl/α,β-unsaturated/α-hetero) is 2. The summed E-state index contributed by atoms with van der Waals surface area (Å²) in [5.41, 5.74) is 6.99. The molecule has 0 aromatic heterocycles. The molecule has 0 spiro atoms. The number of anilines is 2. The van der Waals surface area contributed by atoms with E-state index in [1.807, 2.05) is 55.5 Å². The highest BCUT2D eigenvalue weighted by atomic mass is 19.1. The van der Waals surface area contributed by atoms with Crippen LogP contribution in [0.4, 0.5) is 15.9 Å². The zero-order chi connectivity index (χ0) is 38.9. The SMILES string of the molecule is C=C1CCC(CC(=O)CCCCC(=N)CC(=O)c2ccc(Nc3ncccc4c(-c5ccc(Oc6ccccc6)c(F)c5C)cnc3-4)cc2CC)C[C@H]1CO. The zero-order valence-corrected chi connectivity index (χ0v) is 31.7. The maximum Gasteiger partial charge on any atom is 0.169 e. The topological polar surface area (TPSA) is 125 Å². The summed E-state index contributed by atoms with van der Waals surface area (Å²) < 4.78 is 21.4. The Kier molecular flexibility index (Phi) is 13.0. The number of para-hydroxylation sites is 1. The monoisotopic (exact) mass is 740 g/mol. The van der Waals surface area contributed by atoms with Crippen molar-refractivity contribution in [2.24, 2.45) is 11.8 Å². The second kappa shape index (κ2) is 18.2. The summed E-state index contributed by atoms with van der Waals surface area (Å²) >= 11 is 0. The van der Waals surface area contributed by atoms with Crippen LogP contribution < -0.4 is 10.1 Å². The van der Waals surface area contributed by atoms with Gasteiger partial charge in [-0.25, -0.2) is 9.37 Å². The molecule has 1 unspecified atom stereocenters. The summed E-state index contributed by atoms with van der Waals surface area (Å²) in [5.74, 6) is 1.33. The number of fused-ring (bicyclic) bond motifs is 1. The molecular weight excluding hydrogens is 692 g/mol. The molecule has 3 aliphatic rings. The van der Waals surface area contributed by atoms with Crippen molar-refractivity contribution in [3.8, 4) is 33.9 Å². The van der Waals surface area contributed by atoms with E-state index in [0.29, 0.717) is 84.1 Å². The minimum Gasteiger partial charge on any atom is -0.454 e. The van der Waals surface area contributed by atoms with Crippen LogP contribution in [0.25, 0.3) is 22.4 Å². The van der Waals surface area contributed by atoms with Crippen molar-refractivity contribution in [3.05, 3.63) is 120 Å². The Morgan fingerprint density at radius 2 is 1.80 bits per heavy atom. The van der Waals surface area contributed by atoms with Gasteiger partial charge in [0.25, 0.3) is 0 Å². The standard InChI is InChI=1S/C46H49FN4O4/c1-4-32-25-35(18-19-39(32)42(54)26-34(48)11-8-9-12-36(53)24-31-17-16-29(2)33(23-31)28-52)51-46-45-40(15-10-22-49-46)41(27-50-45)38-20-21-43(44(47)30(38)3)55-37-13-6-5-7-14-37/h5-7,10,13-15,18-22,25,27,31,33,48,52H,2,4,8-9,11-12,16-17,23-24,26,28H2,1,3H3,(H,49,51)/t31?,33-/m0/s1. The number of aryl methyl sites for hydroxylation is 1. The van der Waals surface area contributed by atoms with Gasteiger partial charge in [0.05, 0.1) is 0 Å². The first-order chi connectivity index (χ1) is 26.6. The predicted molar refractivity (Wildman–Crippen MR) is 216 cm³/mol. The van der Waals surface area contributed by atoms with Crippen LogP contribution in [0.5, 0.6) is 11.5 Å². The smallest absolute Gasteiger partial charge is 0.169 e. The molecule has 1 aliphatic carbocycles. The van der Waals surface area contributed by atoms with Crippen LogP contribution in [0.1, 0.15) is 86.2 Å². The van der Waals surface area contributed by atoms with E-state index >= 15 is 4.39 Å². The Bertz CT molecular complexity index is 2150. The number of benzene rings is 3. The number of aliphatic hydroxyl groups excluding tert-OH is 1. The summed E-state index contributed by atoms with van der Waals surface area (Å²) in [6, 6.07) is 21.9. The predicted octanol–water partition coefficient (Wildman–Crippen LogP) is 10.9. The molecule has 3 aromatic rings. The number of unbranched alkanes of at least 4 members (excludes halogenated alkanes) is 1. The molecule has 6 rings (SSSR count). The van der Waals surface area contributed by atoms with E-state index in [0.717, 1.165) is 47.2 Å². The molecule has 9 heteroatoms. The van der Waals surface area contributed by atoms with E-state index < -0.39 is 5.82 Å². The first kappa shape index (κ1) is 39.2. The lowest BCUT2D eigenvalue weighted by atomic mass is 9.76. The highest BCUT2D eigenvalue weighted by Crippen LogP contribution is 2.41. The Morgan fingerprint density at radius 3 is 2.58 bits per heavy atom. The van der Waals surface area contributed by atoms with Gasteiger partial charge in [0.15, 0.2) is 23.2 Å². The van der Waals surface area contributed by atoms with E-state index in [9.17, 15) is 14.7 Å². The molecule has 2 atom stereocenters. The molecule has 2 heterocycles. The second-order valence-corrected chi connectivity index (χ2v) is 14.6. The molecule has 1 fully saturated rings. The minimum atomic E-state index is -0.438. The number of aliphatic hydroxyl groups is 1. The fraction of sp³-hybridized carbons (Fsp3) is 0.326. The molecule has 3 N–H and O–H groups in total. The van der Waals surface area contributed by atoms with E-state index in [1.165, 1.54) is 0 Å². The Morgan fingerprint density at radius 1 is 1.00 bits per heavy atom. The van der Waals surface area contributed by atoms with Gasteiger partial charge in [-0.2, -0.15) is 0 Å². The van der Waals surface area contributed by atoms with Crippen molar-refractivity contribution >= 4 is 28.8 Å². The van der Waals surface area contributed by atoms with Gasteiger partial charge in [-0.3, -0.25) is 14.6 Å². The highest BCUT2D eigenvalue weighted by molar-refractivity contribution is 6.09. The van der Waals surface area contributed by atoms with Crippen LogP contribution in [0.2, 0.25) is 0 Å². The third-order valence-electron chi connectivity index (χ3n) is 10.7. The lowest BCUT2D eigenvalue weighted by Crippen LogP contribution is -2.22. The lowest BCUT2D eigenvalue weighted by Gasteiger charge is -2.29. The van der Waals surface area contributed by atoms with Gasteiger partial charge in [0.2, 0.25) is 0 Å². The lowest BCUT2D eigenvalue weighted by molar-refractivity contribution is -0.120. The van der Waals surface area contributed by atoms with Gasteiger partial charge in [0.1, 0.15) is 17.2 Å². The third kappa shape index (κ3) is 9.59. The maximum atomic E-state index is 15.6. The van der Waals surface area contributed by atoms with Crippen LogP contribution in [-0.2, 0) is 11.2 Å². The maximum absolute atomic E-state index is 15.6. The van der Waals surface area contributed by atoms with E-state index in [1.54, 1.807) is 43.6 Å². The summed E-state index contributed by atoms with van der Waals surface area (Å²) in [6.45, 7) is 7.87. The van der Waals surface area contributed by atoms with Crippen LogP contribution in [0, 0.1) is 30.0 Å². The van der Waals surface area contributed by atoms with Gasteiger partial charge >= 0.3 is 0 Å². The van der Waals surface area contributed by atoms with Crippen molar-refractivity contribution in [2.75, 3.05) is 11.9 Å². The van der Waals surface area contributed by atoms with Gasteiger partial charge in [-0.1, -0.05) is 49.4 Å². The van der Waals surface area contributed by atoms with Crippen molar-refractivity contribution in [2.45, 2.75) is 78.1 Å². The molecule has 3 aromatic carbocycles. The van der Waals surface area contributed by atoms with Gasteiger partial charge < -0.3 is 20.6 Å². The molecular formula is C46H49FN4O4. The molecule has 55 heavy (non-hydrogen) atoms. The fourth-order valence-corrected chi connectivity index (χ4v) is 7.53. The molecule has 8 nitrogen and oxygen atoms in total. The number of halogens is 1. The normalized spacial score (nSPS) is 15.5. The Balaban J connectivity index is 1.05. The summed E-state index contributed by atoms with van der Waals surface area (Å²) in [7, 11) is 0. The van der Waals surface area contributed by atoms with E-state index in [4.69, 9.17) is 15.1 Å². The number of ketones is 2. The number of hydrogen-bond donors (Lipinski definition) is 3. The van der Waals surface area contributed by atoms with Crippen LogP contribution >= 0.6 is 0 Å². The average molecular weight is 741 g/mol. The summed E-state index contributed by atoms with van der Waals surface area (Å²) in [6.07, 6.45) is 9.62. The Labute approximate surface area is 322 Å². The molecule has 2 aliphatic heterocycles. The minimum absolute atomic E-state index is 0.0402. The van der Waals surface area contributed by atoms with Crippen LogP contribution in [0.15, 0.2) is 97.3 Å².